The highest BCUT2D eigenvalue weighted by atomic mass is 35.5. The van der Waals surface area contributed by atoms with Crippen molar-refractivity contribution in [1.29, 1.82) is 0 Å². The summed E-state index contributed by atoms with van der Waals surface area (Å²) in [5, 5.41) is 4.58. The first-order chi connectivity index (χ1) is 9.22. The lowest BCUT2D eigenvalue weighted by Crippen LogP contribution is -2.11. The summed E-state index contributed by atoms with van der Waals surface area (Å²) in [6.07, 6.45) is 1.91. The number of anilines is 2. The van der Waals surface area contributed by atoms with Crippen LogP contribution in [0.5, 0.6) is 0 Å². The highest BCUT2D eigenvalue weighted by molar-refractivity contribution is 7.98. The number of hydrogen-bond donors (Lipinski definition) is 3. The lowest BCUT2D eigenvalue weighted by atomic mass is 10.2. The molecule has 4 N–H and O–H groups in total. The van der Waals surface area contributed by atoms with Crippen molar-refractivity contribution in [2.75, 3.05) is 17.0 Å². The van der Waals surface area contributed by atoms with E-state index in [4.69, 9.17) is 17.4 Å². The van der Waals surface area contributed by atoms with Crippen molar-refractivity contribution in [3.8, 4) is 0 Å². The summed E-state index contributed by atoms with van der Waals surface area (Å²) in [5.74, 6) is 6.65. The molecule has 0 aliphatic carbocycles. The van der Waals surface area contributed by atoms with Gasteiger partial charge in [-0.25, -0.2) is 15.8 Å². The third-order valence-electron chi connectivity index (χ3n) is 2.45. The smallest absolute Gasteiger partial charge is 0.191 e. The molecule has 1 aromatic heterocycles. The van der Waals surface area contributed by atoms with E-state index in [-0.39, 0.29) is 0 Å². The topological polar surface area (TPSA) is 75.9 Å². The Labute approximate surface area is 120 Å². The number of nitrogen functional groups attached to an aromatic ring is 1. The fourth-order valence-corrected chi connectivity index (χ4v) is 2.09. The molecule has 0 aliphatic rings. The van der Waals surface area contributed by atoms with E-state index in [1.807, 2.05) is 30.5 Å². The second-order valence-electron chi connectivity index (χ2n) is 3.71. The lowest BCUT2D eigenvalue weighted by molar-refractivity contribution is 0.953. The Morgan fingerprint density at radius 2 is 2.00 bits per heavy atom. The molecule has 2 aromatic rings. The van der Waals surface area contributed by atoms with E-state index in [1.54, 1.807) is 6.07 Å². The minimum atomic E-state index is 0.570. The summed E-state index contributed by atoms with van der Waals surface area (Å²) in [4.78, 5) is 8.54. The fourth-order valence-electron chi connectivity index (χ4n) is 1.51. The molecular weight excluding hydrogens is 282 g/mol. The second-order valence-corrected chi connectivity index (χ2v) is 4.90. The van der Waals surface area contributed by atoms with Crippen molar-refractivity contribution in [2.45, 2.75) is 11.7 Å². The van der Waals surface area contributed by atoms with Gasteiger partial charge in [-0.2, -0.15) is 0 Å². The van der Waals surface area contributed by atoms with Crippen molar-refractivity contribution < 1.29 is 0 Å². The molecule has 0 radical (unpaired) electrons. The Kier molecular flexibility index (Phi) is 4.84. The molecule has 0 aliphatic heterocycles. The van der Waals surface area contributed by atoms with Gasteiger partial charge >= 0.3 is 0 Å². The highest BCUT2D eigenvalue weighted by Gasteiger charge is 2.04. The normalized spacial score (nSPS) is 10.3. The summed E-state index contributed by atoms with van der Waals surface area (Å²) in [5.41, 5.74) is 3.53. The maximum atomic E-state index is 6.10. The quantitative estimate of drug-likeness (QED) is 0.341. The first kappa shape index (κ1) is 13.9. The molecular formula is C12H14ClN5S. The van der Waals surface area contributed by atoms with Crippen LogP contribution in [0.15, 0.2) is 35.5 Å². The summed E-state index contributed by atoms with van der Waals surface area (Å²) in [6, 6.07) is 9.42. The molecule has 100 valence electrons. The van der Waals surface area contributed by atoms with Crippen LogP contribution >= 0.6 is 23.4 Å². The largest absolute Gasteiger partial charge is 0.366 e. The molecule has 0 saturated carbocycles. The van der Waals surface area contributed by atoms with Gasteiger partial charge in [-0.05, 0) is 17.9 Å². The number of thioether (sulfide) groups is 1. The van der Waals surface area contributed by atoms with Crippen LogP contribution in [-0.4, -0.2) is 16.2 Å². The fraction of sp³-hybridized carbons (Fsp3) is 0.167. The summed E-state index contributed by atoms with van der Waals surface area (Å²) >= 11 is 7.55. The van der Waals surface area contributed by atoms with Gasteiger partial charge in [-0.15, -0.1) is 0 Å². The molecule has 19 heavy (non-hydrogen) atoms. The molecule has 5 nitrogen and oxygen atoms in total. The van der Waals surface area contributed by atoms with E-state index < -0.39 is 0 Å². The van der Waals surface area contributed by atoms with Crippen LogP contribution in [0.3, 0.4) is 0 Å². The van der Waals surface area contributed by atoms with E-state index in [1.165, 1.54) is 11.8 Å². The van der Waals surface area contributed by atoms with Gasteiger partial charge in [0.2, 0.25) is 0 Å². The number of nitrogens with one attached hydrogen (secondary N) is 2. The predicted octanol–water partition coefficient (Wildman–Crippen LogP) is 2.75. The maximum Gasteiger partial charge on any atom is 0.191 e. The Hall–Kier alpha value is -1.50. The SMILES string of the molecule is CSc1nc(NN)cc(NCc2ccccc2Cl)n1. The minimum Gasteiger partial charge on any atom is -0.366 e. The summed E-state index contributed by atoms with van der Waals surface area (Å²) < 4.78 is 0. The van der Waals surface area contributed by atoms with Crippen LogP contribution in [0, 0.1) is 0 Å². The first-order valence-corrected chi connectivity index (χ1v) is 7.20. The van der Waals surface area contributed by atoms with Crippen LogP contribution < -0.4 is 16.6 Å². The summed E-state index contributed by atoms with van der Waals surface area (Å²) in [6.45, 7) is 0.592. The number of nitrogens with two attached hydrogens (primary N) is 1. The van der Waals surface area contributed by atoms with E-state index >= 15 is 0 Å². The Morgan fingerprint density at radius 1 is 1.26 bits per heavy atom. The molecule has 0 spiro atoms. The Morgan fingerprint density at radius 3 is 2.68 bits per heavy atom. The number of halogens is 1. The van der Waals surface area contributed by atoms with E-state index in [2.05, 4.69) is 20.7 Å². The van der Waals surface area contributed by atoms with Crippen LogP contribution in [0.4, 0.5) is 11.6 Å². The van der Waals surface area contributed by atoms with Gasteiger partial charge in [0.1, 0.15) is 11.6 Å². The van der Waals surface area contributed by atoms with E-state index in [9.17, 15) is 0 Å². The molecule has 0 unspecified atom stereocenters. The van der Waals surface area contributed by atoms with Gasteiger partial charge in [-0.1, -0.05) is 41.6 Å². The average molecular weight is 296 g/mol. The maximum absolute atomic E-state index is 6.10. The van der Waals surface area contributed by atoms with Gasteiger partial charge in [0.15, 0.2) is 5.16 Å². The number of aromatic nitrogens is 2. The minimum absolute atomic E-state index is 0.570. The molecule has 1 heterocycles. The number of benzene rings is 1. The molecule has 0 atom stereocenters. The number of hydrazine groups is 1. The molecule has 1 aromatic carbocycles. The van der Waals surface area contributed by atoms with Crippen LogP contribution in [0.2, 0.25) is 5.02 Å². The van der Waals surface area contributed by atoms with Gasteiger partial charge in [-0.3, -0.25) is 0 Å². The number of nitrogens with zero attached hydrogens (tertiary/aromatic N) is 2. The van der Waals surface area contributed by atoms with Crippen molar-refractivity contribution in [3.63, 3.8) is 0 Å². The predicted molar refractivity (Wildman–Crippen MR) is 80.4 cm³/mol. The van der Waals surface area contributed by atoms with Crippen LogP contribution in [-0.2, 0) is 6.54 Å². The first-order valence-electron chi connectivity index (χ1n) is 5.60. The lowest BCUT2D eigenvalue weighted by Gasteiger charge is -2.09. The monoisotopic (exact) mass is 295 g/mol. The van der Waals surface area contributed by atoms with Gasteiger partial charge in [0.25, 0.3) is 0 Å². The molecule has 7 heteroatoms. The van der Waals surface area contributed by atoms with Gasteiger partial charge in [0, 0.05) is 17.6 Å². The highest BCUT2D eigenvalue weighted by Crippen LogP contribution is 2.19. The molecule has 0 amide bonds. The molecule has 0 saturated heterocycles. The van der Waals surface area contributed by atoms with Crippen molar-refractivity contribution in [2.24, 2.45) is 5.84 Å². The standard InChI is InChI=1S/C12H14ClN5S/c1-19-12-16-10(6-11(17-12)18-14)15-7-8-4-2-3-5-9(8)13/h2-6H,7,14H2,1H3,(H2,15,16,17,18). The molecule has 0 bridgehead atoms. The van der Waals surface area contributed by atoms with Gasteiger partial charge in [0.05, 0.1) is 0 Å². The zero-order valence-electron chi connectivity index (χ0n) is 10.4. The Bertz CT molecular complexity index is 541. The summed E-state index contributed by atoms with van der Waals surface area (Å²) in [7, 11) is 0. The van der Waals surface area contributed by atoms with E-state index in [0.29, 0.717) is 23.3 Å². The van der Waals surface area contributed by atoms with Crippen LogP contribution in [0.1, 0.15) is 5.56 Å². The molecule has 0 fully saturated rings. The average Bonchev–Trinajstić information content (AvgIpc) is 2.46. The van der Waals surface area contributed by atoms with Crippen molar-refractivity contribution >= 4 is 35.0 Å². The van der Waals surface area contributed by atoms with E-state index in [0.717, 1.165) is 10.6 Å². The third kappa shape index (κ3) is 3.73. The molecule has 2 rings (SSSR count). The zero-order valence-corrected chi connectivity index (χ0v) is 11.9. The van der Waals surface area contributed by atoms with Crippen molar-refractivity contribution in [1.82, 2.24) is 9.97 Å². The second kappa shape index (κ2) is 6.60. The number of rotatable bonds is 5. The van der Waals surface area contributed by atoms with Gasteiger partial charge < -0.3 is 10.7 Å². The van der Waals surface area contributed by atoms with Crippen LogP contribution in [0.25, 0.3) is 0 Å². The third-order valence-corrected chi connectivity index (χ3v) is 3.37. The van der Waals surface area contributed by atoms with Crippen molar-refractivity contribution in [3.05, 3.63) is 40.9 Å². The zero-order chi connectivity index (χ0) is 13.7. The number of hydrogen-bond acceptors (Lipinski definition) is 6. The Balaban J connectivity index is 2.13.